The van der Waals surface area contributed by atoms with Crippen LogP contribution in [0.2, 0.25) is 10.0 Å². The number of Topliss-reactive ketones (excluding diaryl/α,β-unsaturated/α-hetero) is 1. The molecule has 10 heteroatoms. The third-order valence-electron chi connectivity index (χ3n) is 8.16. The van der Waals surface area contributed by atoms with Gasteiger partial charge in [-0.2, -0.15) is 0 Å². The Balaban J connectivity index is 1.38. The number of amides is 2. The number of halogens is 2. The van der Waals surface area contributed by atoms with E-state index in [4.69, 9.17) is 27.9 Å². The quantitative estimate of drug-likeness (QED) is 0.538. The summed E-state index contributed by atoms with van der Waals surface area (Å²) >= 11 is 12.4. The van der Waals surface area contributed by atoms with Crippen LogP contribution in [-0.4, -0.2) is 59.2 Å². The molecule has 0 radical (unpaired) electrons. The van der Waals surface area contributed by atoms with Crippen molar-refractivity contribution >= 4 is 57.7 Å². The van der Waals surface area contributed by atoms with Gasteiger partial charge in [-0.25, -0.2) is 4.79 Å². The summed E-state index contributed by atoms with van der Waals surface area (Å²) in [5.74, 6) is -1.44. The number of hydrogen-bond donors (Lipinski definition) is 2. The maximum Gasteiger partial charge on any atom is 0.328 e. The minimum absolute atomic E-state index is 0.0905. The predicted molar refractivity (Wildman–Crippen MR) is 135 cm³/mol. The molecular weight excluding hydrogens is 505 g/mol. The van der Waals surface area contributed by atoms with E-state index in [1.165, 1.54) is 7.11 Å². The molecule has 1 aliphatic heterocycles. The Morgan fingerprint density at radius 3 is 2.67 bits per heavy atom. The number of esters is 1. The second-order valence-electron chi connectivity index (χ2n) is 10.4. The molecule has 3 aliphatic rings. The Kier molecular flexibility index (Phi) is 6.76. The third kappa shape index (κ3) is 4.50. The molecule has 1 unspecified atom stereocenters. The molecule has 3 atom stereocenters. The van der Waals surface area contributed by atoms with Gasteiger partial charge in [-0.3, -0.25) is 14.4 Å². The number of nitrogens with one attached hydrogen (secondary N) is 2. The highest BCUT2D eigenvalue weighted by Gasteiger charge is 2.52. The van der Waals surface area contributed by atoms with Crippen LogP contribution in [-0.2, 0) is 19.1 Å². The van der Waals surface area contributed by atoms with Crippen molar-refractivity contribution in [2.75, 3.05) is 13.7 Å². The Hall–Kier alpha value is -2.58. The summed E-state index contributed by atoms with van der Waals surface area (Å²) in [6.07, 6.45) is 5.70. The molecule has 8 nitrogen and oxygen atoms in total. The second kappa shape index (κ2) is 9.71. The van der Waals surface area contributed by atoms with E-state index in [1.54, 1.807) is 23.1 Å². The summed E-state index contributed by atoms with van der Waals surface area (Å²) in [7, 11) is 1.26. The SMILES string of the molecule is COC(=O)[C@H](C[C@@H]1CCCC1=O)NC(=O)C1CC2(CCC2)CN1C(=O)c1cc2ccc(Cl)c(Cl)c2[nH]1. The lowest BCUT2D eigenvalue weighted by atomic mass is 9.67. The summed E-state index contributed by atoms with van der Waals surface area (Å²) in [5, 5.41) is 4.28. The summed E-state index contributed by atoms with van der Waals surface area (Å²) in [5.41, 5.74) is 0.801. The van der Waals surface area contributed by atoms with E-state index in [1.807, 2.05) is 0 Å². The van der Waals surface area contributed by atoms with Crippen LogP contribution in [0.1, 0.15) is 61.9 Å². The minimum atomic E-state index is -0.932. The van der Waals surface area contributed by atoms with Crippen molar-refractivity contribution in [3.05, 3.63) is 33.9 Å². The van der Waals surface area contributed by atoms with Gasteiger partial charge in [0.2, 0.25) is 5.91 Å². The normalized spacial score (nSPS) is 23.6. The first-order chi connectivity index (χ1) is 17.2. The molecule has 2 N–H and O–H groups in total. The summed E-state index contributed by atoms with van der Waals surface area (Å²) in [6.45, 7) is 0.470. The number of likely N-dealkylation sites (tertiary alicyclic amines) is 1. The van der Waals surface area contributed by atoms with Crippen LogP contribution in [0.4, 0.5) is 0 Å². The van der Waals surface area contributed by atoms with Crippen molar-refractivity contribution in [2.45, 2.75) is 63.5 Å². The van der Waals surface area contributed by atoms with Gasteiger partial charge in [-0.15, -0.1) is 0 Å². The van der Waals surface area contributed by atoms with Gasteiger partial charge in [0.25, 0.3) is 5.91 Å². The van der Waals surface area contributed by atoms with Crippen LogP contribution in [0.15, 0.2) is 18.2 Å². The summed E-state index contributed by atoms with van der Waals surface area (Å²) in [6, 6.07) is 3.51. The van der Waals surface area contributed by atoms with Gasteiger partial charge in [0.15, 0.2) is 0 Å². The Labute approximate surface area is 219 Å². The lowest BCUT2D eigenvalue weighted by Crippen LogP contribution is -2.51. The monoisotopic (exact) mass is 533 g/mol. The third-order valence-corrected chi connectivity index (χ3v) is 8.96. The second-order valence-corrected chi connectivity index (χ2v) is 11.2. The van der Waals surface area contributed by atoms with Crippen molar-refractivity contribution < 1.29 is 23.9 Å². The predicted octanol–water partition coefficient (Wildman–Crippen LogP) is 4.28. The zero-order chi connectivity index (χ0) is 25.6. The van der Waals surface area contributed by atoms with E-state index in [9.17, 15) is 19.2 Å². The molecule has 36 heavy (non-hydrogen) atoms. The fraction of sp³-hybridized carbons (Fsp3) is 0.538. The molecule has 1 spiro atoms. The number of H-pyrrole nitrogens is 1. The largest absolute Gasteiger partial charge is 0.467 e. The van der Waals surface area contributed by atoms with Gasteiger partial charge in [-0.1, -0.05) is 35.7 Å². The van der Waals surface area contributed by atoms with Crippen LogP contribution >= 0.6 is 23.2 Å². The molecule has 5 rings (SSSR count). The van der Waals surface area contributed by atoms with E-state index in [-0.39, 0.29) is 29.4 Å². The molecule has 2 aromatic rings. The first kappa shape index (κ1) is 25.1. The van der Waals surface area contributed by atoms with Crippen molar-refractivity contribution in [1.82, 2.24) is 15.2 Å². The molecule has 2 saturated carbocycles. The van der Waals surface area contributed by atoms with Crippen molar-refractivity contribution in [3.63, 3.8) is 0 Å². The smallest absolute Gasteiger partial charge is 0.328 e. The van der Waals surface area contributed by atoms with Gasteiger partial charge >= 0.3 is 5.97 Å². The number of aromatic nitrogens is 1. The van der Waals surface area contributed by atoms with E-state index in [0.29, 0.717) is 47.1 Å². The Bertz CT molecular complexity index is 1240. The van der Waals surface area contributed by atoms with E-state index in [2.05, 4.69) is 10.3 Å². The van der Waals surface area contributed by atoms with Crippen molar-refractivity contribution in [2.24, 2.45) is 11.3 Å². The summed E-state index contributed by atoms with van der Waals surface area (Å²) < 4.78 is 4.92. The number of benzene rings is 1. The average molecular weight is 534 g/mol. The highest BCUT2D eigenvalue weighted by atomic mass is 35.5. The first-order valence-corrected chi connectivity index (χ1v) is 13.2. The number of rotatable bonds is 6. The molecule has 0 bridgehead atoms. The lowest BCUT2D eigenvalue weighted by Gasteiger charge is -2.37. The van der Waals surface area contributed by atoms with E-state index < -0.39 is 24.0 Å². The highest BCUT2D eigenvalue weighted by molar-refractivity contribution is 6.45. The number of ketones is 1. The molecule has 3 fully saturated rings. The van der Waals surface area contributed by atoms with Gasteiger partial charge < -0.3 is 19.9 Å². The summed E-state index contributed by atoms with van der Waals surface area (Å²) in [4.78, 5) is 56.5. The molecule has 1 saturated heterocycles. The van der Waals surface area contributed by atoms with Crippen LogP contribution in [0, 0.1) is 11.3 Å². The Morgan fingerprint density at radius 1 is 1.25 bits per heavy atom. The minimum Gasteiger partial charge on any atom is -0.467 e. The Morgan fingerprint density at radius 2 is 2.03 bits per heavy atom. The van der Waals surface area contributed by atoms with Crippen LogP contribution < -0.4 is 5.32 Å². The topological polar surface area (TPSA) is 109 Å². The van der Waals surface area contributed by atoms with E-state index >= 15 is 0 Å². The zero-order valence-electron chi connectivity index (χ0n) is 20.1. The molecule has 2 amide bonds. The number of ether oxygens (including phenoxy) is 1. The number of fused-ring (bicyclic) bond motifs is 1. The number of carbonyl (C=O) groups is 4. The number of aromatic amines is 1. The van der Waals surface area contributed by atoms with E-state index in [0.717, 1.165) is 31.1 Å². The van der Waals surface area contributed by atoms with Crippen molar-refractivity contribution in [3.8, 4) is 0 Å². The van der Waals surface area contributed by atoms with Gasteiger partial charge in [-0.05, 0) is 56.1 Å². The molecule has 1 aromatic heterocycles. The van der Waals surface area contributed by atoms with Gasteiger partial charge in [0.05, 0.1) is 22.7 Å². The molecular formula is C26H29Cl2N3O5. The van der Waals surface area contributed by atoms with Crippen LogP contribution in [0.3, 0.4) is 0 Å². The van der Waals surface area contributed by atoms with Crippen LogP contribution in [0.25, 0.3) is 10.9 Å². The first-order valence-electron chi connectivity index (χ1n) is 12.4. The number of methoxy groups -OCH3 is 1. The molecule has 1 aromatic carbocycles. The molecule has 192 valence electrons. The number of carbonyl (C=O) groups excluding carboxylic acids is 4. The fourth-order valence-electron chi connectivity index (χ4n) is 6.00. The lowest BCUT2D eigenvalue weighted by molar-refractivity contribution is -0.146. The highest BCUT2D eigenvalue weighted by Crippen LogP contribution is 2.50. The maximum absolute atomic E-state index is 13.7. The number of hydrogen-bond acceptors (Lipinski definition) is 5. The zero-order valence-corrected chi connectivity index (χ0v) is 21.6. The van der Waals surface area contributed by atoms with Crippen molar-refractivity contribution in [1.29, 1.82) is 0 Å². The fourth-order valence-corrected chi connectivity index (χ4v) is 6.37. The molecule has 2 aliphatic carbocycles. The number of nitrogens with zero attached hydrogens (tertiary/aromatic N) is 1. The standard InChI is InChI=1S/C26H29Cl2N3O5/c1-36-25(35)18(10-14-4-2-5-20(14)32)30-23(33)19-12-26(8-3-9-26)13-31(19)24(34)17-11-15-6-7-16(27)21(28)22(15)29-17/h6-7,11,14,18-19,29H,2-5,8-10,12-13H2,1H3,(H,30,33)/t14-,18-,19?/m0/s1. The van der Waals surface area contributed by atoms with Gasteiger partial charge in [0, 0.05) is 24.3 Å². The van der Waals surface area contributed by atoms with Gasteiger partial charge in [0.1, 0.15) is 23.6 Å². The van der Waals surface area contributed by atoms with Crippen LogP contribution in [0.5, 0.6) is 0 Å². The maximum atomic E-state index is 13.7. The molecule has 2 heterocycles. The average Bonchev–Trinajstić information content (AvgIpc) is 3.57.